The topological polar surface area (TPSA) is 237 Å². The maximum atomic E-state index is 13.1. The van der Waals surface area contributed by atoms with Crippen molar-refractivity contribution >= 4 is 39.5 Å². The zero-order chi connectivity index (χ0) is 70.1. The lowest BCUT2D eigenvalue weighted by atomic mass is 9.99. The van der Waals surface area contributed by atoms with Gasteiger partial charge in [-0.1, -0.05) is 310 Å². The number of ether oxygens (including phenoxy) is 4. The van der Waals surface area contributed by atoms with Crippen LogP contribution < -0.4 is 0 Å². The van der Waals surface area contributed by atoms with Crippen LogP contribution in [0.4, 0.5) is 0 Å². The lowest BCUT2D eigenvalue weighted by Crippen LogP contribution is -2.30. The third-order valence-corrected chi connectivity index (χ3v) is 20.0. The van der Waals surface area contributed by atoms with Crippen LogP contribution in [0.15, 0.2) is 24.3 Å². The van der Waals surface area contributed by atoms with E-state index in [1.165, 1.54) is 161 Å². The Morgan fingerprint density at radius 3 is 0.884 bits per heavy atom. The molecule has 0 aliphatic heterocycles. The van der Waals surface area contributed by atoms with Gasteiger partial charge in [-0.25, -0.2) is 9.13 Å². The number of hydrogen-bond acceptors (Lipinski definition) is 15. The molecule has 8 atom stereocenters. The maximum Gasteiger partial charge on any atom is 0.472 e. The highest BCUT2D eigenvalue weighted by Gasteiger charge is 2.30. The molecule has 0 saturated heterocycles. The molecule has 5 unspecified atom stereocenters. The predicted octanol–water partition coefficient (Wildman–Crippen LogP) is 21.7. The van der Waals surface area contributed by atoms with Crippen molar-refractivity contribution in [1.82, 2.24) is 0 Å². The van der Waals surface area contributed by atoms with E-state index in [-0.39, 0.29) is 25.7 Å². The molecule has 0 rings (SSSR count). The van der Waals surface area contributed by atoms with Crippen molar-refractivity contribution in [3.05, 3.63) is 24.3 Å². The van der Waals surface area contributed by atoms with Crippen LogP contribution in [0.5, 0.6) is 0 Å². The van der Waals surface area contributed by atoms with Crippen LogP contribution in [0.1, 0.15) is 363 Å². The number of rotatable bonds is 72. The van der Waals surface area contributed by atoms with Gasteiger partial charge in [0.25, 0.3) is 0 Å². The molecule has 19 heteroatoms. The van der Waals surface area contributed by atoms with Gasteiger partial charge in [-0.05, 0) is 69.1 Å². The quantitative estimate of drug-likeness (QED) is 0.0169. The third-order valence-electron chi connectivity index (χ3n) is 18.1. The first-order valence-electron chi connectivity index (χ1n) is 38.8. The molecule has 0 fully saturated rings. The summed E-state index contributed by atoms with van der Waals surface area (Å²) in [5.74, 6) is 0.236. The summed E-state index contributed by atoms with van der Waals surface area (Å²) in [6.45, 7) is 11.9. The summed E-state index contributed by atoms with van der Waals surface area (Å²) in [7, 11) is -9.93. The number of hydrogen-bond donors (Lipinski definition) is 3. The Kier molecular flexibility index (Phi) is 64.4. The molecule has 17 nitrogen and oxygen atoms in total. The van der Waals surface area contributed by atoms with E-state index >= 15 is 0 Å². The van der Waals surface area contributed by atoms with Crippen molar-refractivity contribution in [2.75, 3.05) is 39.6 Å². The minimum Gasteiger partial charge on any atom is -0.462 e. The number of unbranched alkanes of at least 4 members (excludes halogenated alkanes) is 34. The summed E-state index contributed by atoms with van der Waals surface area (Å²) in [6.07, 6.45) is 54.6. The largest absolute Gasteiger partial charge is 0.472 e. The highest BCUT2D eigenvalue weighted by Crippen LogP contribution is 2.45. The zero-order valence-electron chi connectivity index (χ0n) is 61.6. The van der Waals surface area contributed by atoms with Gasteiger partial charge in [0.2, 0.25) is 0 Å². The number of esters is 4. The molecule has 0 aliphatic carbocycles. The van der Waals surface area contributed by atoms with E-state index in [0.717, 1.165) is 120 Å². The van der Waals surface area contributed by atoms with Crippen LogP contribution in [0, 0.1) is 17.8 Å². The van der Waals surface area contributed by atoms with E-state index in [4.69, 9.17) is 37.0 Å². The normalized spacial score (nSPS) is 15.1. The Morgan fingerprint density at radius 1 is 0.337 bits per heavy atom. The van der Waals surface area contributed by atoms with Gasteiger partial charge in [0.05, 0.1) is 26.4 Å². The van der Waals surface area contributed by atoms with Crippen LogP contribution in [0.25, 0.3) is 0 Å². The monoisotopic (exact) mass is 1390 g/mol. The Morgan fingerprint density at radius 2 is 0.589 bits per heavy atom. The molecule has 0 heterocycles. The molecule has 0 aliphatic rings. The number of allylic oxidation sites excluding steroid dienone is 4. The first-order valence-corrected chi connectivity index (χ1v) is 41.8. The minimum absolute atomic E-state index is 0.0845. The van der Waals surface area contributed by atoms with Crippen LogP contribution in [-0.4, -0.2) is 96.7 Å². The standard InChI is InChI=1S/C76H144O17P2/c1-8-12-13-14-15-16-17-18-19-20-21-29-38-45-52-59-75(80)92-71(63-86-73(78)57-50-43-36-28-24-22-26-33-40-47-54-67(5)9-2)65-90-94(82,83)88-61-70(77)62-89-95(84,85)91-66-72(64-87-74(79)58-51-44-37-32-31-35-42-49-56-69(7)11-4)93-76(81)60-53-46-39-30-25-23-27-34-41-48-55-68(6)10-3/h16-19,67-72,77H,8-15,20-66H2,1-7H3,(H,82,83)(H,84,85)/b17-16-,19-18-/t67?,68?,69?,70-,71-,72-/m1/s1. The van der Waals surface area contributed by atoms with E-state index in [0.29, 0.717) is 25.7 Å². The summed E-state index contributed by atoms with van der Waals surface area (Å²) in [4.78, 5) is 72.8. The molecule has 3 N–H and O–H groups in total. The van der Waals surface area contributed by atoms with Gasteiger partial charge in [0.1, 0.15) is 19.3 Å². The summed E-state index contributed by atoms with van der Waals surface area (Å²) < 4.78 is 68.5. The molecule has 0 amide bonds. The highest BCUT2D eigenvalue weighted by atomic mass is 31.2. The fourth-order valence-electron chi connectivity index (χ4n) is 11.0. The second-order valence-electron chi connectivity index (χ2n) is 27.4. The first kappa shape index (κ1) is 92.5. The minimum atomic E-state index is -4.97. The highest BCUT2D eigenvalue weighted by molar-refractivity contribution is 7.47. The van der Waals surface area contributed by atoms with Gasteiger partial charge < -0.3 is 33.8 Å². The molecule has 0 saturated carbocycles. The smallest absolute Gasteiger partial charge is 0.462 e. The van der Waals surface area contributed by atoms with E-state index in [1.54, 1.807) is 0 Å². The number of phosphoric acid groups is 2. The summed E-state index contributed by atoms with van der Waals surface area (Å²) in [5, 5.41) is 10.6. The SMILES string of the molecule is CCCCCC/C=C\C=C/CCCCCCCC(=O)O[C@H](COC(=O)CCCCCCCCCCCCC(C)CC)COP(=O)(O)OC[C@@H](O)COP(=O)(O)OC[C@@H](COC(=O)CCCCCCCCCCC(C)CC)OC(=O)CCCCCCCCCCCCC(C)CC. The van der Waals surface area contributed by atoms with Crippen LogP contribution in [0.2, 0.25) is 0 Å². The average molecular weight is 1390 g/mol. The van der Waals surface area contributed by atoms with Crippen molar-refractivity contribution in [3.63, 3.8) is 0 Å². The van der Waals surface area contributed by atoms with Crippen LogP contribution in [0.3, 0.4) is 0 Å². The third kappa shape index (κ3) is 65.9. The maximum absolute atomic E-state index is 13.1. The molecule has 0 aromatic rings. The molecule has 0 spiro atoms. The van der Waals surface area contributed by atoms with E-state index in [9.17, 15) is 43.2 Å². The van der Waals surface area contributed by atoms with Gasteiger partial charge in [-0.2, -0.15) is 0 Å². The summed E-state index contributed by atoms with van der Waals surface area (Å²) in [6, 6.07) is 0. The second kappa shape index (κ2) is 66.1. The Hall–Kier alpha value is -2.46. The molecule has 0 bridgehead atoms. The molecular weight excluding hydrogens is 1250 g/mol. The van der Waals surface area contributed by atoms with E-state index < -0.39 is 97.5 Å². The van der Waals surface area contributed by atoms with Gasteiger partial charge in [-0.15, -0.1) is 0 Å². The molecule has 0 radical (unpaired) electrons. The van der Waals surface area contributed by atoms with E-state index in [1.807, 2.05) is 0 Å². The van der Waals surface area contributed by atoms with Gasteiger partial charge in [0, 0.05) is 25.7 Å². The van der Waals surface area contributed by atoms with Gasteiger partial charge >= 0.3 is 39.5 Å². The molecule has 560 valence electrons. The Balaban J connectivity index is 5.32. The summed E-state index contributed by atoms with van der Waals surface area (Å²) >= 11 is 0. The fourth-order valence-corrected chi connectivity index (χ4v) is 12.5. The molecule has 0 aromatic heterocycles. The second-order valence-corrected chi connectivity index (χ2v) is 30.3. The van der Waals surface area contributed by atoms with Crippen molar-refractivity contribution in [1.29, 1.82) is 0 Å². The number of aliphatic hydroxyl groups excluding tert-OH is 1. The van der Waals surface area contributed by atoms with Gasteiger partial charge in [-0.3, -0.25) is 37.3 Å². The number of aliphatic hydroxyl groups is 1. The van der Waals surface area contributed by atoms with Crippen LogP contribution >= 0.6 is 15.6 Å². The van der Waals surface area contributed by atoms with Gasteiger partial charge in [0.15, 0.2) is 12.2 Å². The number of carbonyl (C=O) groups is 4. The number of phosphoric ester groups is 2. The molecular formula is C76H144O17P2. The molecule has 95 heavy (non-hydrogen) atoms. The van der Waals surface area contributed by atoms with Crippen molar-refractivity contribution in [2.45, 2.75) is 381 Å². The van der Waals surface area contributed by atoms with E-state index in [2.05, 4.69) is 72.8 Å². The zero-order valence-corrected chi connectivity index (χ0v) is 63.4. The van der Waals surface area contributed by atoms with Crippen LogP contribution in [-0.2, 0) is 65.4 Å². The lowest BCUT2D eigenvalue weighted by Gasteiger charge is -2.21. The first-order chi connectivity index (χ1) is 45.8. The molecule has 0 aromatic carbocycles. The van der Waals surface area contributed by atoms with Crippen molar-refractivity contribution < 1.29 is 80.2 Å². The lowest BCUT2D eigenvalue weighted by molar-refractivity contribution is -0.161. The average Bonchev–Trinajstić information content (AvgIpc) is 1.87. The summed E-state index contributed by atoms with van der Waals surface area (Å²) in [5.41, 5.74) is 0. The fraction of sp³-hybridized carbons (Fsp3) is 0.895. The van der Waals surface area contributed by atoms with Crippen molar-refractivity contribution in [3.8, 4) is 0 Å². The van der Waals surface area contributed by atoms with Crippen molar-refractivity contribution in [2.24, 2.45) is 17.8 Å². The predicted molar refractivity (Wildman–Crippen MR) is 386 cm³/mol. The number of carbonyl (C=O) groups excluding carboxylic acids is 4. The Labute approximate surface area is 580 Å². The Bertz CT molecular complexity index is 1950.